The Bertz CT molecular complexity index is 299. The van der Waals surface area contributed by atoms with E-state index in [-0.39, 0.29) is 12.2 Å². The summed E-state index contributed by atoms with van der Waals surface area (Å²) in [5.74, 6) is 0.764. The summed E-state index contributed by atoms with van der Waals surface area (Å²) in [5, 5.41) is 0. The van der Waals surface area contributed by atoms with Crippen LogP contribution >= 0.6 is 0 Å². The summed E-state index contributed by atoms with van der Waals surface area (Å²) >= 11 is 0. The second kappa shape index (κ2) is 9.29. The minimum atomic E-state index is -0.132. The number of amides is 1. The number of hydrogen-bond donors (Lipinski definition) is 0. The molecular weight excluding hydrogens is 264 g/mol. The number of carbonyl (C=O) groups is 1. The number of rotatable bonds is 7. The van der Waals surface area contributed by atoms with Crippen molar-refractivity contribution in [3.8, 4) is 0 Å². The highest BCUT2D eigenvalue weighted by atomic mass is 16.6. The van der Waals surface area contributed by atoms with Crippen LogP contribution in [0.4, 0.5) is 4.79 Å². The Morgan fingerprint density at radius 3 is 2.33 bits per heavy atom. The van der Waals surface area contributed by atoms with Crippen LogP contribution in [0.3, 0.4) is 0 Å². The summed E-state index contributed by atoms with van der Waals surface area (Å²) in [6.45, 7) is 14.7. The third-order valence-electron chi connectivity index (χ3n) is 4.47. The number of ether oxygens (including phenoxy) is 1. The van der Waals surface area contributed by atoms with E-state index < -0.39 is 0 Å². The molecule has 1 aliphatic heterocycles. The molecule has 0 bridgehead atoms. The summed E-state index contributed by atoms with van der Waals surface area (Å²) in [6.07, 6.45) is 4.16. The van der Waals surface area contributed by atoms with Gasteiger partial charge in [0.15, 0.2) is 0 Å². The van der Waals surface area contributed by atoms with Gasteiger partial charge in [0.1, 0.15) is 6.10 Å². The molecule has 1 heterocycles. The summed E-state index contributed by atoms with van der Waals surface area (Å²) < 4.78 is 5.48. The van der Waals surface area contributed by atoms with Crippen molar-refractivity contribution in [3.63, 3.8) is 0 Å². The minimum absolute atomic E-state index is 0.0117. The first-order valence-corrected chi connectivity index (χ1v) is 8.67. The first kappa shape index (κ1) is 18.3. The highest BCUT2D eigenvalue weighted by Gasteiger charge is 2.28. The van der Waals surface area contributed by atoms with Gasteiger partial charge in [0.25, 0.3) is 0 Å². The third kappa shape index (κ3) is 6.25. The van der Waals surface area contributed by atoms with Crippen LogP contribution in [0, 0.1) is 5.92 Å². The standard InChI is InChI=1S/C17H34N2O2/c1-6-15(5)21-17(20)19(7-2)16-9-12-18(13-10-16)11-8-14(3)4/h14-16H,6-13H2,1-5H3. The van der Waals surface area contributed by atoms with Gasteiger partial charge >= 0.3 is 6.09 Å². The van der Waals surface area contributed by atoms with E-state index >= 15 is 0 Å². The van der Waals surface area contributed by atoms with Crippen LogP contribution in [-0.2, 0) is 4.74 Å². The minimum Gasteiger partial charge on any atom is -0.446 e. The van der Waals surface area contributed by atoms with E-state index in [1.54, 1.807) is 0 Å². The van der Waals surface area contributed by atoms with Crippen molar-refractivity contribution >= 4 is 6.09 Å². The lowest BCUT2D eigenvalue weighted by Gasteiger charge is -2.38. The van der Waals surface area contributed by atoms with Crippen molar-refractivity contribution < 1.29 is 9.53 Å². The van der Waals surface area contributed by atoms with Gasteiger partial charge in [-0.25, -0.2) is 4.79 Å². The molecule has 0 aliphatic carbocycles. The fourth-order valence-corrected chi connectivity index (χ4v) is 2.75. The molecule has 124 valence electrons. The largest absolute Gasteiger partial charge is 0.446 e. The Morgan fingerprint density at radius 1 is 1.24 bits per heavy atom. The van der Waals surface area contributed by atoms with Crippen molar-refractivity contribution in [2.45, 2.75) is 72.4 Å². The van der Waals surface area contributed by atoms with Crippen LogP contribution < -0.4 is 0 Å². The maximum atomic E-state index is 12.2. The normalized spacial score (nSPS) is 18.8. The van der Waals surface area contributed by atoms with Gasteiger partial charge in [0, 0.05) is 25.7 Å². The number of likely N-dealkylation sites (tertiary alicyclic amines) is 1. The molecule has 1 amide bonds. The molecule has 0 saturated carbocycles. The number of piperidine rings is 1. The Balaban J connectivity index is 2.41. The molecule has 0 spiro atoms. The van der Waals surface area contributed by atoms with Crippen molar-refractivity contribution in [3.05, 3.63) is 0 Å². The zero-order valence-electron chi connectivity index (χ0n) is 14.6. The van der Waals surface area contributed by atoms with E-state index in [0.29, 0.717) is 6.04 Å². The quantitative estimate of drug-likeness (QED) is 0.717. The monoisotopic (exact) mass is 298 g/mol. The molecule has 1 rings (SSSR count). The van der Waals surface area contributed by atoms with Gasteiger partial charge in [0.2, 0.25) is 0 Å². The molecule has 1 aliphatic rings. The number of hydrogen-bond acceptors (Lipinski definition) is 3. The Labute approximate surface area is 130 Å². The summed E-state index contributed by atoms with van der Waals surface area (Å²) in [4.78, 5) is 16.7. The van der Waals surface area contributed by atoms with E-state index in [0.717, 1.165) is 44.8 Å². The Hall–Kier alpha value is -0.770. The smallest absolute Gasteiger partial charge is 0.410 e. The summed E-state index contributed by atoms with van der Waals surface area (Å²) in [7, 11) is 0. The fraction of sp³-hybridized carbons (Fsp3) is 0.941. The van der Waals surface area contributed by atoms with E-state index in [1.807, 2.05) is 25.7 Å². The number of nitrogens with zero attached hydrogens (tertiary/aromatic N) is 2. The zero-order chi connectivity index (χ0) is 15.8. The topological polar surface area (TPSA) is 32.8 Å². The van der Waals surface area contributed by atoms with E-state index in [1.165, 1.54) is 13.0 Å². The molecule has 21 heavy (non-hydrogen) atoms. The van der Waals surface area contributed by atoms with Crippen molar-refractivity contribution in [2.75, 3.05) is 26.2 Å². The lowest BCUT2D eigenvalue weighted by molar-refractivity contribution is 0.0435. The third-order valence-corrected chi connectivity index (χ3v) is 4.47. The molecule has 1 unspecified atom stereocenters. The molecule has 0 N–H and O–H groups in total. The van der Waals surface area contributed by atoms with Gasteiger partial charge in [-0.05, 0) is 52.0 Å². The van der Waals surface area contributed by atoms with Crippen LogP contribution in [0.15, 0.2) is 0 Å². The fourth-order valence-electron chi connectivity index (χ4n) is 2.75. The molecule has 4 heteroatoms. The second-order valence-electron chi connectivity index (χ2n) is 6.64. The van der Waals surface area contributed by atoms with Gasteiger partial charge in [-0.15, -0.1) is 0 Å². The average molecular weight is 298 g/mol. The van der Waals surface area contributed by atoms with Gasteiger partial charge in [-0.3, -0.25) is 0 Å². The average Bonchev–Trinajstić information content (AvgIpc) is 2.46. The molecule has 0 radical (unpaired) electrons. The molecular formula is C17H34N2O2. The molecule has 1 fully saturated rings. The Kier molecular flexibility index (Phi) is 8.09. The predicted octanol–water partition coefficient (Wildman–Crippen LogP) is 3.75. The van der Waals surface area contributed by atoms with Crippen molar-refractivity contribution in [1.29, 1.82) is 0 Å². The SMILES string of the molecule is CCC(C)OC(=O)N(CC)C1CCN(CCC(C)C)CC1. The van der Waals surface area contributed by atoms with Crippen LogP contribution in [-0.4, -0.2) is 54.2 Å². The molecule has 0 aromatic carbocycles. The first-order valence-electron chi connectivity index (χ1n) is 8.67. The maximum Gasteiger partial charge on any atom is 0.410 e. The van der Waals surface area contributed by atoms with E-state index in [9.17, 15) is 4.79 Å². The molecule has 1 atom stereocenters. The molecule has 1 saturated heterocycles. The summed E-state index contributed by atoms with van der Waals surface area (Å²) in [6, 6.07) is 0.349. The Morgan fingerprint density at radius 2 is 1.86 bits per heavy atom. The molecule has 4 nitrogen and oxygen atoms in total. The zero-order valence-corrected chi connectivity index (χ0v) is 14.6. The van der Waals surface area contributed by atoms with Gasteiger partial charge in [-0.1, -0.05) is 20.8 Å². The summed E-state index contributed by atoms with van der Waals surface area (Å²) in [5.41, 5.74) is 0. The lowest BCUT2D eigenvalue weighted by atomic mass is 10.0. The van der Waals surface area contributed by atoms with Gasteiger partial charge < -0.3 is 14.5 Å². The number of carbonyl (C=O) groups excluding carboxylic acids is 1. The lowest BCUT2D eigenvalue weighted by Crippen LogP contribution is -2.48. The highest BCUT2D eigenvalue weighted by Crippen LogP contribution is 2.19. The van der Waals surface area contributed by atoms with Crippen LogP contribution in [0.1, 0.15) is 60.3 Å². The maximum absolute atomic E-state index is 12.2. The first-order chi connectivity index (χ1) is 9.97. The highest BCUT2D eigenvalue weighted by molar-refractivity contribution is 5.68. The van der Waals surface area contributed by atoms with E-state index in [4.69, 9.17) is 4.74 Å². The second-order valence-corrected chi connectivity index (χ2v) is 6.64. The molecule has 0 aromatic heterocycles. The van der Waals surface area contributed by atoms with Crippen molar-refractivity contribution in [2.24, 2.45) is 5.92 Å². The van der Waals surface area contributed by atoms with Crippen LogP contribution in [0.2, 0.25) is 0 Å². The van der Waals surface area contributed by atoms with E-state index in [2.05, 4.69) is 18.7 Å². The van der Waals surface area contributed by atoms with Crippen molar-refractivity contribution in [1.82, 2.24) is 9.80 Å². The predicted molar refractivity (Wildman–Crippen MR) is 87.5 cm³/mol. The van der Waals surface area contributed by atoms with Crippen LogP contribution in [0.25, 0.3) is 0 Å². The van der Waals surface area contributed by atoms with Crippen LogP contribution in [0.5, 0.6) is 0 Å². The molecule has 0 aromatic rings. The van der Waals surface area contributed by atoms with Gasteiger partial charge in [-0.2, -0.15) is 0 Å². The van der Waals surface area contributed by atoms with Gasteiger partial charge in [0.05, 0.1) is 0 Å².